The Balaban J connectivity index is 1.67. The standard InChI is InChI=1S/C19H24N2/c1-15-8-7-11-17(21-15)14-20-19-13-6-5-12-18(19)16-9-3-2-4-10-16/h2-4,7-11,18-20H,5-6,12-14H2,1H3. The van der Waals surface area contributed by atoms with Crippen LogP contribution in [0.1, 0.15) is 48.6 Å². The maximum Gasteiger partial charge on any atom is 0.0544 e. The Bertz CT molecular complexity index is 565. The van der Waals surface area contributed by atoms with Crippen molar-refractivity contribution in [3.63, 3.8) is 0 Å². The first-order chi connectivity index (χ1) is 10.3. The van der Waals surface area contributed by atoms with Gasteiger partial charge in [-0.3, -0.25) is 4.98 Å². The Hall–Kier alpha value is -1.67. The van der Waals surface area contributed by atoms with Crippen LogP contribution in [-0.2, 0) is 6.54 Å². The summed E-state index contributed by atoms with van der Waals surface area (Å²) in [5, 5.41) is 3.75. The molecule has 1 aliphatic rings. The van der Waals surface area contributed by atoms with Gasteiger partial charge in [-0.2, -0.15) is 0 Å². The Kier molecular flexibility index (Phi) is 4.66. The molecule has 0 amide bonds. The minimum absolute atomic E-state index is 0.573. The van der Waals surface area contributed by atoms with Crippen LogP contribution in [0.25, 0.3) is 0 Å². The molecule has 2 unspecified atom stereocenters. The van der Waals surface area contributed by atoms with Crippen molar-refractivity contribution >= 4 is 0 Å². The molecule has 21 heavy (non-hydrogen) atoms. The molecule has 1 fully saturated rings. The summed E-state index contributed by atoms with van der Waals surface area (Å²) in [6.45, 7) is 2.92. The van der Waals surface area contributed by atoms with Crippen molar-refractivity contribution < 1.29 is 0 Å². The van der Waals surface area contributed by atoms with Crippen molar-refractivity contribution in [1.82, 2.24) is 10.3 Å². The number of hydrogen-bond donors (Lipinski definition) is 1. The van der Waals surface area contributed by atoms with Crippen LogP contribution in [0.15, 0.2) is 48.5 Å². The van der Waals surface area contributed by atoms with Gasteiger partial charge in [-0.05, 0) is 43.4 Å². The fourth-order valence-corrected chi connectivity index (χ4v) is 3.41. The maximum atomic E-state index is 4.59. The van der Waals surface area contributed by atoms with E-state index >= 15 is 0 Å². The molecule has 1 saturated carbocycles. The van der Waals surface area contributed by atoms with E-state index < -0.39 is 0 Å². The van der Waals surface area contributed by atoms with Gasteiger partial charge in [0.2, 0.25) is 0 Å². The molecular weight excluding hydrogens is 256 g/mol. The smallest absolute Gasteiger partial charge is 0.0544 e. The van der Waals surface area contributed by atoms with E-state index in [1.807, 2.05) is 0 Å². The monoisotopic (exact) mass is 280 g/mol. The van der Waals surface area contributed by atoms with Gasteiger partial charge in [0.25, 0.3) is 0 Å². The summed E-state index contributed by atoms with van der Waals surface area (Å²) in [7, 11) is 0. The van der Waals surface area contributed by atoms with Crippen molar-refractivity contribution in [2.75, 3.05) is 0 Å². The molecule has 2 nitrogen and oxygen atoms in total. The highest BCUT2D eigenvalue weighted by Crippen LogP contribution is 2.33. The van der Waals surface area contributed by atoms with Crippen molar-refractivity contribution in [1.29, 1.82) is 0 Å². The number of nitrogens with one attached hydrogen (secondary N) is 1. The molecule has 2 atom stereocenters. The molecule has 0 radical (unpaired) electrons. The van der Waals surface area contributed by atoms with E-state index in [-0.39, 0.29) is 0 Å². The molecule has 2 aromatic rings. The zero-order valence-electron chi connectivity index (χ0n) is 12.8. The Morgan fingerprint density at radius 2 is 1.81 bits per heavy atom. The second kappa shape index (κ2) is 6.86. The molecule has 0 aliphatic heterocycles. The molecule has 1 aliphatic carbocycles. The highest BCUT2D eigenvalue weighted by molar-refractivity contribution is 5.22. The average Bonchev–Trinajstić information content (AvgIpc) is 2.54. The number of benzene rings is 1. The maximum absolute atomic E-state index is 4.59. The highest BCUT2D eigenvalue weighted by atomic mass is 14.9. The summed E-state index contributed by atoms with van der Waals surface area (Å²) in [6, 6.07) is 17.8. The van der Waals surface area contributed by atoms with Crippen LogP contribution in [0.2, 0.25) is 0 Å². The lowest BCUT2D eigenvalue weighted by atomic mass is 9.80. The Morgan fingerprint density at radius 3 is 2.62 bits per heavy atom. The average molecular weight is 280 g/mol. The predicted molar refractivity (Wildman–Crippen MR) is 87.3 cm³/mol. The zero-order valence-corrected chi connectivity index (χ0v) is 12.8. The van der Waals surface area contributed by atoms with Crippen LogP contribution in [0, 0.1) is 6.92 Å². The van der Waals surface area contributed by atoms with E-state index in [2.05, 4.69) is 65.8 Å². The fourth-order valence-electron chi connectivity index (χ4n) is 3.41. The highest BCUT2D eigenvalue weighted by Gasteiger charge is 2.25. The first kappa shape index (κ1) is 14.3. The lowest BCUT2D eigenvalue weighted by Gasteiger charge is -2.32. The van der Waals surface area contributed by atoms with E-state index in [4.69, 9.17) is 0 Å². The number of rotatable bonds is 4. The normalized spacial score (nSPS) is 22.1. The summed E-state index contributed by atoms with van der Waals surface area (Å²) < 4.78 is 0. The molecule has 0 spiro atoms. The fraction of sp³-hybridized carbons (Fsp3) is 0.421. The summed E-state index contributed by atoms with van der Waals surface area (Å²) >= 11 is 0. The molecule has 0 saturated heterocycles. The summed E-state index contributed by atoms with van der Waals surface area (Å²) in [5.74, 6) is 0.643. The minimum Gasteiger partial charge on any atom is -0.308 e. The van der Waals surface area contributed by atoms with Crippen LogP contribution in [-0.4, -0.2) is 11.0 Å². The minimum atomic E-state index is 0.573. The molecule has 2 heteroatoms. The quantitative estimate of drug-likeness (QED) is 0.907. The van der Waals surface area contributed by atoms with Crippen LogP contribution >= 0.6 is 0 Å². The van der Waals surface area contributed by atoms with Gasteiger partial charge in [0, 0.05) is 18.3 Å². The number of hydrogen-bond acceptors (Lipinski definition) is 2. The van der Waals surface area contributed by atoms with Gasteiger partial charge in [0.1, 0.15) is 0 Å². The summed E-state index contributed by atoms with van der Waals surface area (Å²) in [4.78, 5) is 4.59. The number of nitrogens with zero attached hydrogens (tertiary/aromatic N) is 1. The first-order valence-electron chi connectivity index (χ1n) is 8.04. The van der Waals surface area contributed by atoms with E-state index in [9.17, 15) is 0 Å². The topological polar surface area (TPSA) is 24.9 Å². The van der Waals surface area contributed by atoms with Crippen molar-refractivity contribution in [3.8, 4) is 0 Å². The van der Waals surface area contributed by atoms with Gasteiger partial charge in [-0.25, -0.2) is 0 Å². The van der Waals surface area contributed by atoms with Gasteiger partial charge < -0.3 is 5.32 Å². The van der Waals surface area contributed by atoms with Crippen molar-refractivity contribution in [2.24, 2.45) is 0 Å². The lowest BCUT2D eigenvalue weighted by Crippen LogP contribution is -2.37. The second-order valence-electron chi connectivity index (χ2n) is 6.06. The van der Waals surface area contributed by atoms with E-state index in [0.29, 0.717) is 12.0 Å². The molecule has 0 bridgehead atoms. The lowest BCUT2D eigenvalue weighted by molar-refractivity contribution is 0.325. The van der Waals surface area contributed by atoms with Gasteiger partial charge in [-0.1, -0.05) is 49.2 Å². The number of aromatic nitrogens is 1. The van der Waals surface area contributed by atoms with Crippen molar-refractivity contribution in [2.45, 2.75) is 51.1 Å². The Morgan fingerprint density at radius 1 is 1.00 bits per heavy atom. The van der Waals surface area contributed by atoms with Gasteiger partial charge in [0.15, 0.2) is 0 Å². The zero-order chi connectivity index (χ0) is 14.5. The summed E-state index contributed by atoms with van der Waals surface area (Å²) in [5.41, 5.74) is 3.72. The van der Waals surface area contributed by atoms with E-state index in [1.165, 1.54) is 31.2 Å². The van der Waals surface area contributed by atoms with Crippen molar-refractivity contribution in [3.05, 3.63) is 65.5 Å². The van der Waals surface area contributed by atoms with Crippen LogP contribution in [0.4, 0.5) is 0 Å². The molecule has 1 N–H and O–H groups in total. The SMILES string of the molecule is Cc1cccc(CNC2CCCCC2c2ccccc2)n1. The van der Waals surface area contributed by atoms with Gasteiger partial charge in [-0.15, -0.1) is 0 Å². The van der Waals surface area contributed by atoms with Crippen LogP contribution in [0.5, 0.6) is 0 Å². The third-order valence-corrected chi connectivity index (χ3v) is 4.49. The molecular formula is C19H24N2. The predicted octanol–water partition coefficient (Wildman–Crippen LogP) is 4.21. The largest absolute Gasteiger partial charge is 0.308 e. The second-order valence-corrected chi connectivity index (χ2v) is 6.06. The third-order valence-electron chi connectivity index (χ3n) is 4.49. The number of pyridine rings is 1. The molecule has 1 aromatic carbocycles. The van der Waals surface area contributed by atoms with Gasteiger partial charge >= 0.3 is 0 Å². The summed E-state index contributed by atoms with van der Waals surface area (Å²) in [6.07, 6.45) is 5.25. The first-order valence-corrected chi connectivity index (χ1v) is 8.04. The number of aryl methyl sites for hydroxylation is 1. The molecule has 1 aromatic heterocycles. The molecule has 1 heterocycles. The van der Waals surface area contributed by atoms with E-state index in [1.54, 1.807) is 0 Å². The third kappa shape index (κ3) is 3.70. The van der Waals surface area contributed by atoms with Gasteiger partial charge in [0.05, 0.1) is 5.69 Å². The van der Waals surface area contributed by atoms with E-state index in [0.717, 1.165) is 17.9 Å². The molecule has 110 valence electrons. The molecule has 3 rings (SSSR count). The van der Waals surface area contributed by atoms with Crippen LogP contribution in [0.3, 0.4) is 0 Å². The van der Waals surface area contributed by atoms with Crippen LogP contribution < -0.4 is 5.32 Å². The Labute approximate surface area is 127 Å².